The van der Waals surface area contributed by atoms with Crippen LogP contribution in [-0.4, -0.2) is 32.3 Å². The first-order chi connectivity index (χ1) is 14.3. The summed E-state index contributed by atoms with van der Waals surface area (Å²) in [5.41, 5.74) is 2.25. The Hall–Kier alpha value is -2.71. The summed E-state index contributed by atoms with van der Waals surface area (Å²) in [6, 6.07) is 12.9. The van der Waals surface area contributed by atoms with Gasteiger partial charge in [0.15, 0.2) is 0 Å². The Morgan fingerprint density at radius 1 is 1.13 bits per heavy atom. The van der Waals surface area contributed by atoms with E-state index in [1.54, 1.807) is 12.1 Å². The SMILES string of the molecule is CC[C@@H](C)NC(=O)[C@@H](Cc1ccccc1)NS(=O)(=O)c1ccc2c(c1)CCC(=O)N2. The molecule has 2 aromatic rings. The lowest BCUT2D eigenvalue weighted by Crippen LogP contribution is -2.50. The van der Waals surface area contributed by atoms with Gasteiger partial charge < -0.3 is 10.6 Å². The number of anilines is 1. The first kappa shape index (κ1) is 22.0. The van der Waals surface area contributed by atoms with Crippen molar-refractivity contribution in [1.29, 1.82) is 0 Å². The highest BCUT2D eigenvalue weighted by molar-refractivity contribution is 7.89. The zero-order chi connectivity index (χ0) is 21.7. The highest BCUT2D eigenvalue weighted by Crippen LogP contribution is 2.25. The minimum atomic E-state index is -3.94. The molecule has 8 heteroatoms. The van der Waals surface area contributed by atoms with Crippen LogP contribution in [0.15, 0.2) is 53.4 Å². The smallest absolute Gasteiger partial charge is 0.241 e. The van der Waals surface area contributed by atoms with Gasteiger partial charge >= 0.3 is 0 Å². The fraction of sp³-hybridized carbons (Fsp3) is 0.364. The molecular weight excluding hydrogens is 402 g/mol. The lowest BCUT2D eigenvalue weighted by atomic mass is 10.0. The van der Waals surface area contributed by atoms with Gasteiger partial charge in [-0.25, -0.2) is 8.42 Å². The number of sulfonamides is 1. The predicted octanol–water partition coefficient (Wildman–Crippen LogP) is 2.38. The van der Waals surface area contributed by atoms with Crippen molar-refractivity contribution >= 4 is 27.5 Å². The van der Waals surface area contributed by atoms with Crippen LogP contribution < -0.4 is 15.4 Å². The van der Waals surface area contributed by atoms with E-state index in [0.717, 1.165) is 17.5 Å². The van der Waals surface area contributed by atoms with Crippen LogP contribution >= 0.6 is 0 Å². The van der Waals surface area contributed by atoms with Crippen LogP contribution in [0, 0.1) is 0 Å². The number of hydrogen-bond donors (Lipinski definition) is 3. The molecule has 1 aliphatic heterocycles. The minimum absolute atomic E-state index is 0.0624. The van der Waals surface area contributed by atoms with Gasteiger partial charge in [-0.1, -0.05) is 37.3 Å². The summed E-state index contributed by atoms with van der Waals surface area (Å²) in [5, 5.41) is 5.61. The van der Waals surface area contributed by atoms with Crippen molar-refractivity contribution in [3.05, 3.63) is 59.7 Å². The van der Waals surface area contributed by atoms with Crippen LogP contribution in [0.2, 0.25) is 0 Å². The maximum absolute atomic E-state index is 13.1. The molecule has 160 valence electrons. The van der Waals surface area contributed by atoms with Gasteiger partial charge in [-0.3, -0.25) is 9.59 Å². The maximum Gasteiger partial charge on any atom is 0.241 e. The Bertz CT molecular complexity index is 1020. The summed E-state index contributed by atoms with van der Waals surface area (Å²) in [6.07, 6.45) is 1.78. The van der Waals surface area contributed by atoms with E-state index < -0.39 is 16.1 Å². The molecule has 3 N–H and O–H groups in total. The largest absolute Gasteiger partial charge is 0.352 e. The standard InChI is InChI=1S/C22H27N3O4S/c1-3-15(2)23-22(27)20(13-16-7-5-4-6-8-16)25-30(28,29)18-10-11-19-17(14-18)9-12-21(26)24-19/h4-8,10-11,14-15,20,25H,3,9,12-13H2,1-2H3,(H,23,27)(H,24,26)/t15-,20-/m1/s1. The number of nitrogens with one attached hydrogen (secondary N) is 3. The second-order valence-electron chi connectivity index (χ2n) is 7.55. The molecule has 3 rings (SSSR count). The molecule has 0 fully saturated rings. The van der Waals surface area contributed by atoms with Gasteiger partial charge in [0, 0.05) is 18.2 Å². The van der Waals surface area contributed by atoms with Gasteiger partial charge in [-0.15, -0.1) is 0 Å². The Balaban J connectivity index is 1.84. The van der Waals surface area contributed by atoms with Crippen molar-refractivity contribution in [3.63, 3.8) is 0 Å². The van der Waals surface area contributed by atoms with Crippen molar-refractivity contribution in [2.75, 3.05) is 5.32 Å². The third-order valence-electron chi connectivity index (χ3n) is 5.18. The molecule has 0 unspecified atom stereocenters. The molecule has 0 saturated carbocycles. The first-order valence-electron chi connectivity index (χ1n) is 10.1. The zero-order valence-electron chi connectivity index (χ0n) is 17.1. The summed E-state index contributed by atoms with van der Waals surface area (Å²) in [7, 11) is -3.94. The number of amides is 2. The van der Waals surface area contributed by atoms with Gasteiger partial charge in [0.25, 0.3) is 0 Å². The number of aryl methyl sites for hydroxylation is 1. The van der Waals surface area contributed by atoms with E-state index in [1.807, 2.05) is 44.2 Å². The van der Waals surface area contributed by atoms with Crippen molar-refractivity contribution < 1.29 is 18.0 Å². The number of carbonyl (C=O) groups excluding carboxylic acids is 2. The molecule has 30 heavy (non-hydrogen) atoms. The maximum atomic E-state index is 13.1. The molecule has 1 heterocycles. The molecule has 2 atom stereocenters. The molecule has 0 saturated heterocycles. The predicted molar refractivity (Wildman–Crippen MR) is 116 cm³/mol. The third-order valence-corrected chi connectivity index (χ3v) is 6.65. The molecule has 0 aliphatic carbocycles. The molecule has 0 radical (unpaired) electrons. The molecular formula is C22H27N3O4S. The van der Waals surface area contributed by atoms with Gasteiger partial charge in [0.1, 0.15) is 6.04 Å². The fourth-order valence-corrected chi connectivity index (χ4v) is 4.51. The summed E-state index contributed by atoms with van der Waals surface area (Å²) < 4.78 is 28.7. The number of benzene rings is 2. The lowest BCUT2D eigenvalue weighted by molar-refractivity contribution is -0.123. The lowest BCUT2D eigenvalue weighted by Gasteiger charge is -2.22. The van der Waals surface area contributed by atoms with Crippen LogP contribution in [0.1, 0.15) is 37.8 Å². The average Bonchev–Trinajstić information content (AvgIpc) is 2.73. The van der Waals surface area contributed by atoms with E-state index in [1.165, 1.54) is 6.07 Å². The Labute approximate surface area is 177 Å². The summed E-state index contributed by atoms with van der Waals surface area (Å²) in [5.74, 6) is -0.442. The second kappa shape index (κ2) is 9.40. The van der Waals surface area contributed by atoms with Crippen LogP contribution in [0.3, 0.4) is 0 Å². The number of hydrogen-bond acceptors (Lipinski definition) is 4. The fourth-order valence-electron chi connectivity index (χ4n) is 3.27. The normalized spacial score (nSPS) is 15.6. The third kappa shape index (κ3) is 5.46. The van der Waals surface area contributed by atoms with Crippen molar-refractivity contribution in [2.45, 2.75) is 56.5 Å². The van der Waals surface area contributed by atoms with Crippen LogP contribution in [-0.2, 0) is 32.5 Å². The molecule has 2 aromatic carbocycles. The minimum Gasteiger partial charge on any atom is -0.352 e. The number of fused-ring (bicyclic) bond motifs is 1. The van der Waals surface area contributed by atoms with E-state index in [-0.39, 0.29) is 29.2 Å². The number of rotatable bonds is 8. The van der Waals surface area contributed by atoms with Crippen molar-refractivity contribution in [1.82, 2.24) is 10.0 Å². The molecule has 0 aromatic heterocycles. The van der Waals surface area contributed by atoms with Gasteiger partial charge in [0.2, 0.25) is 21.8 Å². The highest BCUT2D eigenvalue weighted by atomic mass is 32.2. The van der Waals surface area contributed by atoms with Crippen LogP contribution in [0.5, 0.6) is 0 Å². The van der Waals surface area contributed by atoms with E-state index in [0.29, 0.717) is 18.5 Å². The average molecular weight is 430 g/mol. The van der Waals surface area contributed by atoms with E-state index in [2.05, 4.69) is 15.4 Å². The Kier molecular flexibility index (Phi) is 6.89. The van der Waals surface area contributed by atoms with Gasteiger partial charge in [-0.2, -0.15) is 4.72 Å². The summed E-state index contributed by atoms with van der Waals surface area (Å²) in [4.78, 5) is 24.4. The second-order valence-corrected chi connectivity index (χ2v) is 9.26. The Morgan fingerprint density at radius 2 is 1.87 bits per heavy atom. The van der Waals surface area contributed by atoms with Crippen molar-refractivity contribution in [2.24, 2.45) is 0 Å². The number of carbonyl (C=O) groups is 2. The monoisotopic (exact) mass is 429 g/mol. The topological polar surface area (TPSA) is 104 Å². The molecule has 0 bridgehead atoms. The highest BCUT2D eigenvalue weighted by Gasteiger charge is 2.28. The Morgan fingerprint density at radius 3 is 2.57 bits per heavy atom. The van der Waals surface area contributed by atoms with E-state index >= 15 is 0 Å². The van der Waals surface area contributed by atoms with Gasteiger partial charge in [0.05, 0.1) is 4.90 Å². The molecule has 1 aliphatic rings. The van der Waals surface area contributed by atoms with Gasteiger partial charge in [-0.05, 0) is 55.5 Å². The van der Waals surface area contributed by atoms with E-state index in [9.17, 15) is 18.0 Å². The molecule has 0 spiro atoms. The summed E-state index contributed by atoms with van der Waals surface area (Å²) in [6.45, 7) is 3.83. The van der Waals surface area contributed by atoms with Crippen molar-refractivity contribution in [3.8, 4) is 0 Å². The molecule has 7 nitrogen and oxygen atoms in total. The molecule has 2 amide bonds. The quantitative estimate of drug-likeness (QED) is 0.599. The van der Waals surface area contributed by atoms with Crippen LogP contribution in [0.25, 0.3) is 0 Å². The van der Waals surface area contributed by atoms with Crippen LogP contribution in [0.4, 0.5) is 5.69 Å². The summed E-state index contributed by atoms with van der Waals surface area (Å²) >= 11 is 0. The van der Waals surface area contributed by atoms with E-state index in [4.69, 9.17) is 0 Å². The first-order valence-corrected chi connectivity index (χ1v) is 11.6. The zero-order valence-corrected chi connectivity index (χ0v) is 18.0.